The highest BCUT2D eigenvalue weighted by atomic mass is 16.5. The summed E-state index contributed by atoms with van der Waals surface area (Å²) in [7, 11) is 0. The normalized spacial score (nSPS) is 11.6. The first-order chi connectivity index (χ1) is 24.1. The molecule has 0 aromatic rings. The van der Waals surface area contributed by atoms with Crippen molar-refractivity contribution in [3.8, 4) is 0 Å². The minimum absolute atomic E-state index is 0.00727. The molecule has 6 nitrogen and oxygen atoms in total. The van der Waals surface area contributed by atoms with Crippen molar-refractivity contribution in [1.29, 1.82) is 0 Å². The molecular weight excluding hydrogens is 610 g/mol. The maximum Gasteiger partial charge on any atom is 0.306 e. The van der Waals surface area contributed by atoms with Gasteiger partial charge < -0.3 is 19.5 Å². The van der Waals surface area contributed by atoms with Crippen molar-refractivity contribution in [2.24, 2.45) is 0 Å². The van der Waals surface area contributed by atoms with Crippen LogP contribution in [0.1, 0.15) is 226 Å². The Morgan fingerprint density at radius 2 is 0.857 bits per heavy atom. The Morgan fingerprint density at radius 1 is 0.469 bits per heavy atom. The zero-order valence-corrected chi connectivity index (χ0v) is 33.3. The first-order valence-corrected chi connectivity index (χ1v) is 21.8. The zero-order chi connectivity index (χ0) is 35.9. The number of ether oxygens (including phenoxy) is 2. The van der Waals surface area contributed by atoms with Crippen LogP contribution in [0, 0.1) is 0 Å². The number of aliphatic hydroxyl groups excluding tert-OH is 1. The molecule has 0 bridgehead atoms. The van der Waals surface area contributed by atoms with Crippen LogP contribution in [0.5, 0.6) is 0 Å². The summed E-state index contributed by atoms with van der Waals surface area (Å²) < 4.78 is 11.4. The number of aliphatic hydroxyl groups is 1. The number of esters is 2. The van der Waals surface area contributed by atoms with Gasteiger partial charge in [-0.3, -0.25) is 9.59 Å². The third kappa shape index (κ3) is 36.5. The van der Waals surface area contributed by atoms with Gasteiger partial charge in [-0.15, -0.1) is 0 Å². The van der Waals surface area contributed by atoms with Crippen molar-refractivity contribution in [1.82, 2.24) is 4.90 Å². The van der Waals surface area contributed by atoms with Gasteiger partial charge in [-0.1, -0.05) is 156 Å². The molecule has 0 aliphatic carbocycles. The summed E-state index contributed by atoms with van der Waals surface area (Å²) >= 11 is 0. The van der Waals surface area contributed by atoms with E-state index in [-0.39, 0.29) is 24.6 Å². The number of hydrogen-bond acceptors (Lipinski definition) is 6. The fourth-order valence-corrected chi connectivity index (χ4v) is 6.70. The van der Waals surface area contributed by atoms with Crippen LogP contribution in [0.4, 0.5) is 0 Å². The Kier molecular flexibility index (Phi) is 38.7. The lowest BCUT2D eigenvalue weighted by Gasteiger charge is -2.21. The Hall–Kier alpha value is -1.14. The van der Waals surface area contributed by atoms with Gasteiger partial charge in [0.25, 0.3) is 0 Å². The first kappa shape index (κ1) is 47.9. The van der Waals surface area contributed by atoms with E-state index in [4.69, 9.17) is 9.47 Å². The van der Waals surface area contributed by atoms with Crippen LogP contribution in [0.15, 0.2) is 0 Å². The molecule has 0 saturated carbocycles. The summed E-state index contributed by atoms with van der Waals surface area (Å²) in [6, 6.07) is 0. The van der Waals surface area contributed by atoms with Gasteiger partial charge in [-0.2, -0.15) is 0 Å². The second-order valence-electron chi connectivity index (χ2n) is 14.8. The summed E-state index contributed by atoms with van der Waals surface area (Å²) in [4.78, 5) is 27.1. The molecule has 0 aliphatic rings. The summed E-state index contributed by atoms with van der Waals surface area (Å²) in [5, 5.41) is 9.52. The SMILES string of the molecule is CCCCCCCCCCOC(=O)CCCCCN(CCO)CCCCCCCC(=O)OC(CCCCCCCC)CCCCCCCC. The summed E-state index contributed by atoms with van der Waals surface area (Å²) in [6.07, 6.45) is 37.0. The van der Waals surface area contributed by atoms with Crippen molar-refractivity contribution in [2.45, 2.75) is 232 Å². The lowest BCUT2D eigenvalue weighted by molar-refractivity contribution is -0.150. The first-order valence-electron chi connectivity index (χ1n) is 21.8. The molecule has 0 atom stereocenters. The van der Waals surface area contributed by atoms with Gasteiger partial charge in [0.1, 0.15) is 6.10 Å². The van der Waals surface area contributed by atoms with E-state index in [1.807, 2.05) is 0 Å². The molecule has 0 saturated heterocycles. The van der Waals surface area contributed by atoms with Crippen molar-refractivity contribution in [3.05, 3.63) is 0 Å². The minimum atomic E-state index is -0.0513. The molecule has 0 amide bonds. The van der Waals surface area contributed by atoms with Crippen molar-refractivity contribution < 1.29 is 24.2 Å². The van der Waals surface area contributed by atoms with Gasteiger partial charge in [0.2, 0.25) is 0 Å². The maximum absolute atomic E-state index is 12.7. The van der Waals surface area contributed by atoms with Crippen LogP contribution in [0.25, 0.3) is 0 Å². The number of unbranched alkanes of at least 4 members (excludes halogenated alkanes) is 23. The third-order valence-electron chi connectivity index (χ3n) is 9.95. The van der Waals surface area contributed by atoms with Crippen LogP contribution < -0.4 is 0 Å². The second-order valence-corrected chi connectivity index (χ2v) is 14.8. The maximum atomic E-state index is 12.7. The van der Waals surface area contributed by atoms with Crippen LogP contribution in [0.3, 0.4) is 0 Å². The monoisotopic (exact) mass is 696 g/mol. The van der Waals surface area contributed by atoms with Crippen molar-refractivity contribution >= 4 is 11.9 Å². The van der Waals surface area contributed by atoms with E-state index in [0.717, 1.165) is 90.1 Å². The van der Waals surface area contributed by atoms with Gasteiger partial charge in [-0.05, 0) is 70.9 Å². The molecule has 0 spiro atoms. The van der Waals surface area contributed by atoms with Crippen LogP contribution in [-0.4, -0.2) is 60.9 Å². The second kappa shape index (κ2) is 39.6. The molecule has 6 heteroatoms. The molecule has 0 unspecified atom stereocenters. The van der Waals surface area contributed by atoms with Crippen molar-refractivity contribution in [3.63, 3.8) is 0 Å². The number of rotatable bonds is 40. The van der Waals surface area contributed by atoms with E-state index in [9.17, 15) is 14.7 Å². The third-order valence-corrected chi connectivity index (χ3v) is 9.95. The Balaban J connectivity index is 3.97. The molecule has 0 heterocycles. The number of carbonyl (C=O) groups excluding carboxylic acids is 2. The van der Waals surface area contributed by atoms with Crippen LogP contribution >= 0.6 is 0 Å². The lowest BCUT2D eigenvalue weighted by atomic mass is 10.0. The van der Waals surface area contributed by atoms with E-state index < -0.39 is 0 Å². The minimum Gasteiger partial charge on any atom is -0.466 e. The smallest absolute Gasteiger partial charge is 0.306 e. The average Bonchev–Trinajstić information content (AvgIpc) is 3.09. The van der Waals surface area contributed by atoms with Crippen LogP contribution in [0.2, 0.25) is 0 Å². The van der Waals surface area contributed by atoms with E-state index in [1.165, 1.54) is 116 Å². The van der Waals surface area contributed by atoms with E-state index in [0.29, 0.717) is 26.0 Å². The number of hydrogen-bond donors (Lipinski definition) is 1. The summed E-state index contributed by atoms with van der Waals surface area (Å²) in [5.74, 6) is -0.0441. The molecule has 0 fully saturated rings. The zero-order valence-electron chi connectivity index (χ0n) is 33.3. The largest absolute Gasteiger partial charge is 0.466 e. The van der Waals surface area contributed by atoms with Gasteiger partial charge in [0.05, 0.1) is 13.2 Å². The van der Waals surface area contributed by atoms with E-state index in [2.05, 4.69) is 25.7 Å². The van der Waals surface area contributed by atoms with Gasteiger partial charge in [0.15, 0.2) is 0 Å². The van der Waals surface area contributed by atoms with Gasteiger partial charge in [0, 0.05) is 19.4 Å². The average molecular weight is 696 g/mol. The highest BCUT2D eigenvalue weighted by Crippen LogP contribution is 2.18. The molecule has 49 heavy (non-hydrogen) atoms. The fourth-order valence-electron chi connectivity index (χ4n) is 6.70. The fraction of sp³-hybridized carbons (Fsp3) is 0.953. The molecule has 0 aliphatic heterocycles. The van der Waals surface area contributed by atoms with E-state index >= 15 is 0 Å². The van der Waals surface area contributed by atoms with Crippen molar-refractivity contribution in [2.75, 3.05) is 32.8 Å². The van der Waals surface area contributed by atoms with E-state index in [1.54, 1.807) is 0 Å². The Labute approximate surface area is 305 Å². The molecule has 0 aromatic carbocycles. The number of carbonyl (C=O) groups is 2. The molecule has 0 rings (SSSR count). The summed E-state index contributed by atoms with van der Waals surface area (Å²) in [6.45, 7) is 10.2. The Bertz CT molecular complexity index is 671. The van der Waals surface area contributed by atoms with Crippen LogP contribution in [-0.2, 0) is 19.1 Å². The molecule has 0 aromatic heterocycles. The topological polar surface area (TPSA) is 76.1 Å². The molecule has 292 valence electrons. The quantitative estimate of drug-likeness (QED) is 0.0508. The number of nitrogens with zero attached hydrogens (tertiary/aromatic N) is 1. The van der Waals surface area contributed by atoms with Gasteiger partial charge in [-0.25, -0.2) is 0 Å². The standard InChI is InChI=1S/C43H85NO5/c1-4-7-10-13-16-17-23-31-40-48-42(46)34-28-24-30-37-44(38-39-45)36-29-22-18-21-27-35-43(47)49-41(32-25-19-14-11-8-5-2)33-26-20-15-12-9-6-3/h41,45H,4-40H2,1-3H3. The lowest BCUT2D eigenvalue weighted by Crippen LogP contribution is -2.29. The predicted molar refractivity (Wildman–Crippen MR) is 209 cm³/mol. The summed E-state index contributed by atoms with van der Waals surface area (Å²) in [5.41, 5.74) is 0. The molecule has 0 radical (unpaired) electrons. The highest BCUT2D eigenvalue weighted by molar-refractivity contribution is 5.69. The Morgan fingerprint density at radius 3 is 1.35 bits per heavy atom. The molecular formula is C43H85NO5. The highest BCUT2D eigenvalue weighted by Gasteiger charge is 2.14. The van der Waals surface area contributed by atoms with Gasteiger partial charge >= 0.3 is 11.9 Å². The predicted octanol–water partition coefficient (Wildman–Crippen LogP) is 12.3. The molecule has 1 N–H and O–H groups in total.